The molecule has 0 bridgehead atoms. The first-order chi connectivity index (χ1) is 9.79. The zero-order valence-corrected chi connectivity index (χ0v) is 13.3. The van der Waals surface area contributed by atoms with Crippen LogP contribution in [0.25, 0.3) is 0 Å². The molecule has 0 amide bonds. The third-order valence-electron chi connectivity index (χ3n) is 3.13. The number of nitrogens with one attached hydrogen (secondary N) is 2. The lowest BCUT2D eigenvalue weighted by Crippen LogP contribution is -2.32. The monoisotopic (exact) mass is 315 g/mol. The fraction of sp³-hybridized carbons (Fsp3) is 0.538. The van der Waals surface area contributed by atoms with Crippen molar-refractivity contribution in [3.8, 4) is 0 Å². The smallest absolute Gasteiger partial charge is 0.271 e. The Hall–Kier alpha value is -1.51. The zero-order valence-electron chi connectivity index (χ0n) is 12.5. The Kier molecular flexibility index (Phi) is 6.25. The number of hydrogen-bond acceptors (Lipinski definition) is 5. The molecule has 0 aliphatic rings. The van der Waals surface area contributed by atoms with Gasteiger partial charge in [-0.05, 0) is 37.9 Å². The van der Waals surface area contributed by atoms with Crippen LogP contribution >= 0.6 is 0 Å². The quantitative estimate of drug-likeness (QED) is 0.430. The van der Waals surface area contributed by atoms with Gasteiger partial charge in [0, 0.05) is 25.2 Å². The molecule has 7 nitrogen and oxygen atoms in total. The van der Waals surface area contributed by atoms with Crippen LogP contribution in [0.3, 0.4) is 0 Å². The summed E-state index contributed by atoms with van der Waals surface area (Å²) in [7, 11) is -3.75. The van der Waals surface area contributed by atoms with E-state index in [0.717, 1.165) is 19.0 Å². The van der Waals surface area contributed by atoms with Crippen LogP contribution in [0.15, 0.2) is 17.0 Å². The van der Waals surface area contributed by atoms with E-state index >= 15 is 0 Å². The molecule has 8 heteroatoms. The van der Waals surface area contributed by atoms with Crippen LogP contribution in [-0.2, 0) is 10.0 Å². The average molecular weight is 315 g/mol. The first kappa shape index (κ1) is 17.5. The Labute approximate surface area is 124 Å². The molecule has 0 saturated heterocycles. The lowest BCUT2D eigenvalue weighted by Gasteiger charge is -2.11. The van der Waals surface area contributed by atoms with Crippen molar-refractivity contribution in [2.75, 3.05) is 19.6 Å². The summed E-state index contributed by atoms with van der Waals surface area (Å²) in [5.41, 5.74) is 0.880. The number of non-ortho nitro benzene ring substituents is 1. The zero-order chi connectivity index (χ0) is 16.0. The van der Waals surface area contributed by atoms with Gasteiger partial charge in [-0.2, -0.15) is 0 Å². The molecule has 1 aromatic rings. The molecule has 0 aliphatic heterocycles. The third kappa shape index (κ3) is 4.76. The van der Waals surface area contributed by atoms with Gasteiger partial charge in [0.2, 0.25) is 10.0 Å². The molecular weight excluding hydrogens is 294 g/mol. The molecule has 1 rings (SSSR count). The summed E-state index contributed by atoms with van der Waals surface area (Å²) in [5.74, 6) is 0. The lowest BCUT2D eigenvalue weighted by molar-refractivity contribution is -0.385. The third-order valence-corrected chi connectivity index (χ3v) is 4.71. The number of aryl methyl sites for hydroxylation is 1. The number of rotatable bonds is 8. The summed E-state index contributed by atoms with van der Waals surface area (Å²) in [6.45, 7) is 6.89. The minimum absolute atomic E-state index is 0.0373. The van der Waals surface area contributed by atoms with E-state index in [1.165, 1.54) is 6.07 Å². The Balaban J connectivity index is 2.94. The molecule has 0 saturated carbocycles. The average Bonchev–Trinajstić information content (AvgIpc) is 2.40. The molecule has 0 unspecified atom stereocenters. The number of nitrogens with zero attached hydrogens (tertiary/aromatic N) is 1. The number of nitro groups is 1. The molecule has 0 heterocycles. The number of benzene rings is 1. The summed E-state index contributed by atoms with van der Waals surface area (Å²) < 4.78 is 27.0. The van der Waals surface area contributed by atoms with Crippen molar-refractivity contribution in [1.29, 1.82) is 0 Å². The van der Waals surface area contributed by atoms with E-state index in [4.69, 9.17) is 0 Å². The van der Waals surface area contributed by atoms with Gasteiger partial charge in [0.1, 0.15) is 0 Å². The summed E-state index contributed by atoms with van der Waals surface area (Å²) in [6, 6.07) is 2.47. The Bertz CT molecular complexity index is 614. The number of nitro benzene ring substituents is 1. The van der Waals surface area contributed by atoms with Crippen molar-refractivity contribution in [1.82, 2.24) is 10.0 Å². The van der Waals surface area contributed by atoms with E-state index in [1.54, 1.807) is 13.8 Å². The minimum atomic E-state index is -3.75. The van der Waals surface area contributed by atoms with Crippen molar-refractivity contribution in [3.05, 3.63) is 33.4 Å². The highest BCUT2D eigenvalue weighted by atomic mass is 32.2. The lowest BCUT2D eigenvalue weighted by atomic mass is 10.1. The van der Waals surface area contributed by atoms with E-state index in [-0.39, 0.29) is 17.1 Å². The molecule has 1 aromatic carbocycles. The first-order valence-corrected chi connectivity index (χ1v) is 8.24. The molecule has 21 heavy (non-hydrogen) atoms. The van der Waals surface area contributed by atoms with Crippen LogP contribution in [0.4, 0.5) is 5.69 Å². The van der Waals surface area contributed by atoms with Crippen molar-refractivity contribution in [2.45, 2.75) is 32.1 Å². The van der Waals surface area contributed by atoms with E-state index in [2.05, 4.69) is 10.0 Å². The number of sulfonamides is 1. The van der Waals surface area contributed by atoms with Crippen LogP contribution in [-0.4, -0.2) is 33.0 Å². The maximum Gasteiger partial charge on any atom is 0.271 e. The van der Waals surface area contributed by atoms with Crippen molar-refractivity contribution in [3.63, 3.8) is 0 Å². The summed E-state index contributed by atoms with van der Waals surface area (Å²) in [4.78, 5) is 10.2. The maximum absolute atomic E-state index is 12.3. The van der Waals surface area contributed by atoms with Gasteiger partial charge in [0.15, 0.2) is 0 Å². The van der Waals surface area contributed by atoms with Gasteiger partial charge in [-0.25, -0.2) is 13.1 Å². The van der Waals surface area contributed by atoms with Gasteiger partial charge >= 0.3 is 0 Å². The van der Waals surface area contributed by atoms with Crippen LogP contribution < -0.4 is 10.0 Å². The van der Waals surface area contributed by atoms with Crippen molar-refractivity contribution < 1.29 is 13.3 Å². The molecule has 118 valence electrons. The van der Waals surface area contributed by atoms with Gasteiger partial charge in [-0.15, -0.1) is 0 Å². The van der Waals surface area contributed by atoms with Crippen molar-refractivity contribution in [2.24, 2.45) is 0 Å². The summed E-state index contributed by atoms with van der Waals surface area (Å²) >= 11 is 0. The second-order valence-corrected chi connectivity index (χ2v) is 6.53. The van der Waals surface area contributed by atoms with E-state index in [9.17, 15) is 18.5 Å². The van der Waals surface area contributed by atoms with Gasteiger partial charge in [0.05, 0.1) is 9.82 Å². The normalized spacial score (nSPS) is 11.6. The van der Waals surface area contributed by atoms with Gasteiger partial charge in [0.25, 0.3) is 5.69 Å². The topological polar surface area (TPSA) is 101 Å². The van der Waals surface area contributed by atoms with Crippen LogP contribution in [0.2, 0.25) is 0 Å². The predicted octanol–water partition coefficient (Wildman–Crippen LogP) is 1.49. The highest BCUT2D eigenvalue weighted by Gasteiger charge is 2.21. The largest absolute Gasteiger partial charge is 0.315 e. The minimum Gasteiger partial charge on any atom is -0.315 e. The second kappa shape index (κ2) is 7.48. The molecule has 0 fully saturated rings. The maximum atomic E-state index is 12.3. The van der Waals surface area contributed by atoms with Crippen LogP contribution in [0.5, 0.6) is 0 Å². The summed E-state index contributed by atoms with van der Waals surface area (Å²) in [5, 5.41) is 13.9. The molecular formula is C13H21N3O4S. The highest BCUT2D eigenvalue weighted by molar-refractivity contribution is 7.89. The van der Waals surface area contributed by atoms with E-state index in [0.29, 0.717) is 17.7 Å². The molecule has 0 aliphatic carbocycles. The first-order valence-electron chi connectivity index (χ1n) is 6.75. The molecule has 0 aromatic heterocycles. The molecule has 0 atom stereocenters. The van der Waals surface area contributed by atoms with Crippen LogP contribution in [0.1, 0.15) is 24.5 Å². The van der Waals surface area contributed by atoms with Gasteiger partial charge in [-0.1, -0.05) is 6.92 Å². The Morgan fingerprint density at radius 1 is 1.19 bits per heavy atom. The molecule has 0 spiro atoms. The van der Waals surface area contributed by atoms with E-state index in [1.807, 2.05) is 6.92 Å². The SMILES string of the molecule is CCCNCCNS(=O)(=O)c1cc([N+](=O)[O-])cc(C)c1C. The molecule has 2 N–H and O–H groups in total. The standard InChI is InChI=1S/C13H21N3O4S/c1-4-5-14-6-7-15-21(19,20)13-9-12(16(17)18)8-10(2)11(13)3/h8-9,14-15H,4-7H2,1-3H3. The fourth-order valence-electron chi connectivity index (χ4n) is 1.85. The highest BCUT2D eigenvalue weighted by Crippen LogP contribution is 2.25. The van der Waals surface area contributed by atoms with Crippen LogP contribution in [0, 0.1) is 24.0 Å². The Morgan fingerprint density at radius 2 is 1.86 bits per heavy atom. The predicted molar refractivity (Wildman–Crippen MR) is 80.9 cm³/mol. The fourth-order valence-corrected chi connectivity index (χ4v) is 3.21. The summed E-state index contributed by atoms with van der Waals surface area (Å²) in [6.07, 6.45) is 0.968. The number of hydrogen-bond donors (Lipinski definition) is 2. The van der Waals surface area contributed by atoms with Crippen molar-refractivity contribution >= 4 is 15.7 Å². The molecule has 0 radical (unpaired) electrons. The van der Waals surface area contributed by atoms with E-state index < -0.39 is 14.9 Å². The van der Waals surface area contributed by atoms with Gasteiger partial charge in [-0.3, -0.25) is 10.1 Å². The second-order valence-electron chi connectivity index (χ2n) is 4.79. The Morgan fingerprint density at radius 3 is 2.43 bits per heavy atom. The van der Waals surface area contributed by atoms with Gasteiger partial charge < -0.3 is 5.32 Å².